The van der Waals surface area contributed by atoms with Gasteiger partial charge in [-0.2, -0.15) is 0 Å². The zero-order valence-corrected chi connectivity index (χ0v) is 35.3. The lowest BCUT2D eigenvalue weighted by atomic mass is 9.73. The fraction of sp³-hybridized carbons (Fsp3) is 0.153. The van der Waals surface area contributed by atoms with Gasteiger partial charge in [0.2, 0.25) is 0 Å². The Morgan fingerprint density at radius 1 is 0.426 bits per heavy atom. The van der Waals surface area contributed by atoms with Gasteiger partial charge in [-0.25, -0.2) is 0 Å². The van der Waals surface area contributed by atoms with Crippen LogP contribution in [0.2, 0.25) is 0 Å². The van der Waals surface area contributed by atoms with Crippen molar-refractivity contribution >= 4 is 72.9 Å². The molecular weight excluding hydrogens is 737 g/mol. The van der Waals surface area contributed by atoms with Gasteiger partial charge in [0.1, 0.15) is 0 Å². The highest BCUT2D eigenvalue weighted by Crippen LogP contribution is 2.54. The maximum Gasteiger partial charge on any atom is 0.0546 e. The standard InChI is InChI=1S/C59H48N2/c1-58(2)50-22-10-13-25-55(50)61(56-26-14-11-23-51(56)58)57-37-49-43-19-7-6-18-42(43)40(35-48(49)44-20-8-9-21-47(44)57)29-27-38-28-31-45-46-32-30-41(36-53(46)59(3,4)52(45)34-38)60-33-15-17-39-16-5-12-24-54(39)60/h5-14,16,18-32,34-37H,15,17,33H2,1-4H3/b29-27+. The van der Waals surface area contributed by atoms with Crippen LogP contribution in [0.3, 0.4) is 0 Å². The molecule has 0 fully saturated rings. The summed E-state index contributed by atoms with van der Waals surface area (Å²) in [5.74, 6) is 0. The first-order chi connectivity index (χ1) is 29.8. The largest absolute Gasteiger partial charge is 0.341 e. The third-order valence-corrected chi connectivity index (χ3v) is 14.3. The Kier molecular flexibility index (Phi) is 7.85. The van der Waals surface area contributed by atoms with E-state index in [0.29, 0.717) is 0 Å². The molecule has 0 N–H and O–H groups in total. The van der Waals surface area contributed by atoms with Gasteiger partial charge in [0.25, 0.3) is 0 Å². The number of nitrogens with zero attached hydrogens (tertiary/aromatic N) is 2. The molecule has 2 heterocycles. The minimum absolute atomic E-state index is 0.114. The first-order valence-electron chi connectivity index (χ1n) is 22.0. The number of fused-ring (bicyclic) bond motifs is 11. The van der Waals surface area contributed by atoms with E-state index in [4.69, 9.17) is 0 Å². The number of hydrogen-bond acceptors (Lipinski definition) is 2. The summed E-state index contributed by atoms with van der Waals surface area (Å²) in [5, 5.41) is 7.58. The van der Waals surface area contributed by atoms with Gasteiger partial charge in [0.15, 0.2) is 0 Å². The minimum Gasteiger partial charge on any atom is -0.341 e. The van der Waals surface area contributed by atoms with E-state index in [2.05, 4.69) is 220 Å². The highest BCUT2D eigenvalue weighted by atomic mass is 15.2. The molecule has 3 aliphatic rings. The molecule has 9 aromatic carbocycles. The van der Waals surface area contributed by atoms with Crippen LogP contribution in [0, 0.1) is 0 Å². The molecule has 0 aromatic heterocycles. The van der Waals surface area contributed by atoms with Crippen molar-refractivity contribution in [1.29, 1.82) is 0 Å². The normalized spacial score (nSPS) is 15.8. The average Bonchev–Trinajstić information content (AvgIpc) is 3.52. The fourth-order valence-corrected chi connectivity index (χ4v) is 11.2. The van der Waals surface area contributed by atoms with E-state index >= 15 is 0 Å². The smallest absolute Gasteiger partial charge is 0.0546 e. The molecule has 0 saturated carbocycles. The number of para-hydroxylation sites is 3. The van der Waals surface area contributed by atoms with E-state index in [-0.39, 0.29) is 10.8 Å². The van der Waals surface area contributed by atoms with Crippen LogP contribution in [-0.2, 0) is 17.3 Å². The molecule has 0 atom stereocenters. The predicted molar refractivity (Wildman–Crippen MR) is 260 cm³/mol. The molecule has 0 spiro atoms. The topological polar surface area (TPSA) is 6.48 Å². The Morgan fingerprint density at radius 2 is 0.984 bits per heavy atom. The summed E-state index contributed by atoms with van der Waals surface area (Å²) in [4.78, 5) is 5.04. The molecule has 0 saturated heterocycles. The molecule has 294 valence electrons. The van der Waals surface area contributed by atoms with Crippen LogP contribution >= 0.6 is 0 Å². The van der Waals surface area contributed by atoms with Crippen molar-refractivity contribution in [3.8, 4) is 11.1 Å². The lowest BCUT2D eigenvalue weighted by Crippen LogP contribution is -2.30. The average molecular weight is 785 g/mol. The number of rotatable bonds is 4. The fourth-order valence-electron chi connectivity index (χ4n) is 11.2. The first kappa shape index (κ1) is 36.0. The first-order valence-corrected chi connectivity index (χ1v) is 22.0. The van der Waals surface area contributed by atoms with Gasteiger partial charge in [0, 0.05) is 34.1 Å². The van der Waals surface area contributed by atoms with Gasteiger partial charge >= 0.3 is 0 Å². The lowest BCUT2D eigenvalue weighted by molar-refractivity contribution is 0.632. The molecule has 9 aromatic rings. The molecule has 0 amide bonds. The van der Waals surface area contributed by atoms with Crippen LogP contribution in [-0.4, -0.2) is 6.54 Å². The van der Waals surface area contributed by atoms with E-state index in [9.17, 15) is 0 Å². The van der Waals surface area contributed by atoms with E-state index in [1.54, 1.807) is 0 Å². The monoisotopic (exact) mass is 784 g/mol. The quantitative estimate of drug-likeness (QED) is 0.130. The van der Waals surface area contributed by atoms with Crippen molar-refractivity contribution in [2.45, 2.75) is 51.4 Å². The number of anilines is 5. The van der Waals surface area contributed by atoms with Crippen LogP contribution in [0.15, 0.2) is 170 Å². The highest BCUT2D eigenvalue weighted by molar-refractivity contribution is 6.23. The molecule has 0 radical (unpaired) electrons. The van der Waals surface area contributed by atoms with Gasteiger partial charge in [-0.3, -0.25) is 0 Å². The van der Waals surface area contributed by atoms with Crippen LogP contribution in [0.5, 0.6) is 0 Å². The summed E-state index contributed by atoms with van der Waals surface area (Å²) in [6.07, 6.45) is 6.99. The summed E-state index contributed by atoms with van der Waals surface area (Å²) in [7, 11) is 0. The molecule has 61 heavy (non-hydrogen) atoms. The van der Waals surface area contributed by atoms with Crippen molar-refractivity contribution in [3.05, 3.63) is 209 Å². The summed E-state index contributed by atoms with van der Waals surface area (Å²) in [5.41, 5.74) is 18.2. The van der Waals surface area contributed by atoms with E-state index in [1.807, 2.05) is 0 Å². The Labute approximate surface area is 359 Å². The van der Waals surface area contributed by atoms with Crippen molar-refractivity contribution in [1.82, 2.24) is 0 Å². The summed E-state index contributed by atoms with van der Waals surface area (Å²) < 4.78 is 0. The van der Waals surface area contributed by atoms with Gasteiger partial charge in [-0.05, 0) is 132 Å². The van der Waals surface area contributed by atoms with Crippen molar-refractivity contribution < 1.29 is 0 Å². The van der Waals surface area contributed by atoms with Gasteiger partial charge in [0.05, 0.1) is 17.1 Å². The molecule has 12 rings (SSSR count). The van der Waals surface area contributed by atoms with Gasteiger partial charge in [-0.15, -0.1) is 0 Å². The van der Waals surface area contributed by atoms with E-state index in [1.165, 1.54) is 117 Å². The lowest BCUT2D eigenvalue weighted by Gasteiger charge is -2.42. The Bertz CT molecular complexity index is 3260. The number of aryl methyl sites for hydroxylation is 1. The third-order valence-electron chi connectivity index (χ3n) is 14.3. The highest BCUT2D eigenvalue weighted by Gasteiger charge is 2.38. The van der Waals surface area contributed by atoms with E-state index in [0.717, 1.165) is 13.0 Å². The molecule has 2 aliphatic heterocycles. The predicted octanol–water partition coefficient (Wildman–Crippen LogP) is 15.8. The second-order valence-corrected chi connectivity index (χ2v) is 18.4. The van der Waals surface area contributed by atoms with Crippen LogP contribution < -0.4 is 9.80 Å². The molecule has 1 aliphatic carbocycles. The number of hydrogen-bond donors (Lipinski definition) is 0. The maximum atomic E-state index is 2.52. The Balaban J connectivity index is 0.959. The molecule has 2 nitrogen and oxygen atoms in total. The van der Waals surface area contributed by atoms with Gasteiger partial charge < -0.3 is 9.80 Å². The molecule has 2 heteroatoms. The molecule has 0 unspecified atom stereocenters. The van der Waals surface area contributed by atoms with Crippen molar-refractivity contribution in [2.24, 2.45) is 0 Å². The minimum atomic E-state index is -0.118. The Morgan fingerprint density at radius 3 is 1.72 bits per heavy atom. The van der Waals surface area contributed by atoms with Crippen LogP contribution in [0.1, 0.15) is 73.1 Å². The summed E-state index contributed by atoms with van der Waals surface area (Å²) >= 11 is 0. The second-order valence-electron chi connectivity index (χ2n) is 18.4. The SMILES string of the molecule is CC1(C)c2cc(/C=C/c3cc4c5ccccc5c(N5c6ccccc6C(C)(C)c6ccccc65)cc4c4ccccc34)ccc2-c2ccc(N3CCCc4ccccc43)cc21. The number of benzene rings is 9. The maximum absolute atomic E-state index is 2.52. The Hall–Kier alpha value is -6.90. The van der Waals surface area contributed by atoms with E-state index < -0.39 is 0 Å². The zero-order valence-electron chi connectivity index (χ0n) is 35.3. The van der Waals surface area contributed by atoms with Crippen LogP contribution in [0.25, 0.3) is 55.6 Å². The molecular formula is C59H48N2. The van der Waals surface area contributed by atoms with Crippen molar-refractivity contribution in [2.75, 3.05) is 16.3 Å². The van der Waals surface area contributed by atoms with Crippen molar-refractivity contribution in [3.63, 3.8) is 0 Å². The van der Waals surface area contributed by atoms with Gasteiger partial charge in [-0.1, -0.05) is 167 Å². The van der Waals surface area contributed by atoms with Crippen LogP contribution in [0.4, 0.5) is 28.4 Å². The third kappa shape index (κ3) is 5.34. The zero-order chi connectivity index (χ0) is 41.0. The summed E-state index contributed by atoms with van der Waals surface area (Å²) in [6.45, 7) is 10.6. The molecule has 0 bridgehead atoms. The summed E-state index contributed by atoms with van der Waals surface area (Å²) in [6, 6.07) is 63.9. The second kappa shape index (κ2) is 13.3.